The first kappa shape index (κ1) is 18.0. The van der Waals surface area contributed by atoms with Gasteiger partial charge in [0, 0.05) is 25.5 Å². The van der Waals surface area contributed by atoms with Gasteiger partial charge in [0.1, 0.15) is 5.76 Å². The maximum Gasteiger partial charge on any atom is 0.335 e. The van der Waals surface area contributed by atoms with Crippen LogP contribution >= 0.6 is 0 Å². The lowest BCUT2D eigenvalue weighted by molar-refractivity contribution is 0.0695. The first-order valence-electron chi connectivity index (χ1n) is 9.24. The van der Waals surface area contributed by atoms with Gasteiger partial charge in [-0.2, -0.15) is 0 Å². The van der Waals surface area contributed by atoms with E-state index in [1.165, 1.54) is 0 Å². The Morgan fingerprint density at radius 1 is 1.18 bits per heavy atom. The minimum absolute atomic E-state index is 0.0828. The molecule has 1 aliphatic heterocycles. The maximum absolute atomic E-state index is 12.7. The molecule has 1 aliphatic rings. The number of carboxylic acids is 1. The average molecular weight is 379 g/mol. The second-order valence-electron chi connectivity index (χ2n) is 7.11. The molecule has 7 heteroatoms. The summed E-state index contributed by atoms with van der Waals surface area (Å²) >= 11 is 0. The fraction of sp³-hybridized carbons (Fsp3) is 0.286. The summed E-state index contributed by atoms with van der Waals surface area (Å²) in [7, 11) is 0. The van der Waals surface area contributed by atoms with Crippen molar-refractivity contribution in [2.75, 3.05) is 13.1 Å². The van der Waals surface area contributed by atoms with Crippen molar-refractivity contribution in [2.24, 2.45) is 5.92 Å². The molecule has 0 spiro atoms. The van der Waals surface area contributed by atoms with Crippen LogP contribution in [0.2, 0.25) is 0 Å². The predicted molar refractivity (Wildman–Crippen MR) is 101 cm³/mol. The number of rotatable bonds is 6. The fourth-order valence-corrected chi connectivity index (χ4v) is 3.59. The molecular weight excluding hydrogens is 358 g/mol. The zero-order valence-corrected chi connectivity index (χ0v) is 15.3. The lowest BCUT2D eigenvalue weighted by Crippen LogP contribution is -2.28. The van der Waals surface area contributed by atoms with Crippen LogP contribution in [0, 0.1) is 5.92 Å². The van der Waals surface area contributed by atoms with E-state index in [4.69, 9.17) is 9.52 Å². The van der Waals surface area contributed by atoms with Crippen molar-refractivity contribution in [3.8, 4) is 0 Å². The van der Waals surface area contributed by atoms with E-state index in [1.807, 2.05) is 33.9 Å². The molecule has 1 unspecified atom stereocenters. The van der Waals surface area contributed by atoms with Crippen molar-refractivity contribution < 1.29 is 19.1 Å². The monoisotopic (exact) mass is 379 g/mol. The van der Waals surface area contributed by atoms with Gasteiger partial charge in [-0.25, -0.2) is 9.78 Å². The van der Waals surface area contributed by atoms with Crippen molar-refractivity contribution >= 4 is 11.9 Å². The Kier molecular flexibility index (Phi) is 4.97. The van der Waals surface area contributed by atoms with E-state index in [9.17, 15) is 9.59 Å². The van der Waals surface area contributed by atoms with E-state index in [1.54, 1.807) is 30.7 Å². The van der Waals surface area contributed by atoms with Crippen LogP contribution in [0.4, 0.5) is 0 Å². The highest BCUT2D eigenvalue weighted by atomic mass is 16.4. The topological polar surface area (TPSA) is 88.6 Å². The van der Waals surface area contributed by atoms with Crippen LogP contribution in [-0.2, 0) is 13.0 Å². The lowest BCUT2D eigenvalue weighted by Gasteiger charge is -2.15. The van der Waals surface area contributed by atoms with Crippen molar-refractivity contribution in [3.05, 3.63) is 77.8 Å². The first-order valence-corrected chi connectivity index (χ1v) is 9.24. The summed E-state index contributed by atoms with van der Waals surface area (Å²) in [6.45, 7) is 1.92. The average Bonchev–Trinajstić information content (AvgIpc) is 3.44. The summed E-state index contributed by atoms with van der Waals surface area (Å²) in [6.07, 6.45) is 7.01. The zero-order valence-electron chi connectivity index (χ0n) is 15.3. The Morgan fingerprint density at radius 3 is 2.71 bits per heavy atom. The smallest absolute Gasteiger partial charge is 0.335 e. The normalized spacial score (nSPS) is 16.4. The van der Waals surface area contributed by atoms with E-state index in [2.05, 4.69) is 4.98 Å². The molecule has 0 bridgehead atoms. The molecule has 4 rings (SSSR count). The molecule has 3 heterocycles. The quantitative estimate of drug-likeness (QED) is 0.711. The van der Waals surface area contributed by atoms with Gasteiger partial charge in [-0.3, -0.25) is 4.79 Å². The highest BCUT2D eigenvalue weighted by molar-refractivity contribution is 5.91. The summed E-state index contributed by atoms with van der Waals surface area (Å²) in [5, 5.41) is 8.98. The molecule has 0 radical (unpaired) electrons. The van der Waals surface area contributed by atoms with Crippen molar-refractivity contribution in [1.82, 2.24) is 14.5 Å². The van der Waals surface area contributed by atoms with Crippen molar-refractivity contribution in [1.29, 1.82) is 0 Å². The SMILES string of the molecule is O=C(O)c1ccc(CC2CCN(C(=O)c3ccc(Cn4ccnc4)o3)C2)cc1. The number of amides is 1. The molecule has 1 fully saturated rings. The van der Waals surface area contributed by atoms with Crippen LogP contribution in [-0.4, -0.2) is 44.5 Å². The van der Waals surface area contributed by atoms with Gasteiger partial charge in [-0.05, 0) is 48.6 Å². The Bertz CT molecular complexity index is 960. The molecule has 28 heavy (non-hydrogen) atoms. The third-order valence-electron chi connectivity index (χ3n) is 5.07. The Balaban J connectivity index is 1.34. The molecule has 1 amide bonds. The van der Waals surface area contributed by atoms with Gasteiger partial charge >= 0.3 is 5.97 Å². The number of hydrogen-bond donors (Lipinski definition) is 1. The van der Waals surface area contributed by atoms with E-state index in [0.29, 0.717) is 31.3 Å². The van der Waals surface area contributed by atoms with Crippen molar-refractivity contribution in [2.45, 2.75) is 19.4 Å². The summed E-state index contributed by atoms with van der Waals surface area (Å²) in [4.78, 5) is 29.5. The second-order valence-corrected chi connectivity index (χ2v) is 7.11. The van der Waals surface area contributed by atoms with Gasteiger partial charge < -0.3 is 19.0 Å². The van der Waals surface area contributed by atoms with Gasteiger partial charge in [0.15, 0.2) is 5.76 Å². The molecule has 1 saturated heterocycles. The molecule has 144 valence electrons. The minimum Gasteiger partial charge on any atom is -0.478 e. The predicted octanol–water partition coefficient (Wildman–Crippen LogP) is 2.93. The maximum atomic E-state index is 12.7. The lowest BCUT2D eigenvalue weighted by atomic mass is 9.98. The number of imidazole rings is 1. The third kappa shape index (κ3) is 3.98. The number of likely N-dealkylation sites (tertiary alicyclic amines) is 1. The van der Waals surface area contributed by atoms with Crippen LogP contribution < -0.4 is 0 Å². The summed E-state index contributed by atoms with van der Waals surface area (Å²) in [6, 6.07) is 10.5. The Labute approximate surface area is 162 Å². The number of furan rings is 1. The van der Waals surface area contributed by atoms with E-state index < -0.39 is 5.97 Å². The standard InChI is InChI=1S/C21H21N3O4/c25-20(19-6-5-18(28-19)13-23-10-8-22-14-23)24-9-7-16(12-24)11-15-1-3-17(4-2-15)21(26)27/h1-6,8,10,14,16H,7,9,11-13H2,(H,26,27). The zero-order chi connectivity index (χ0) is 19.5. The van der Waals surface area contributed by atoms with Crippen molar-refractivity contribution in [3.63, 3.8) is 0 Å². The largest absolute Gasteiger partial charge is 0.478 e. The fourth-order valence-electron chi connectivity index (χ4n) is 3.59. The number of carboxylic acid groups (broad SMARTS) is 1. The van der Waals surface area contributed by atoms with Gasteiger partial charge in [0.05, 0.1) is 18.4 Å². The second kappa shape index (κ2) is 7.72. The summed E-state index contributed by atoms with van der Waals surface area (Å²) in [5.41, 5.74) is 1.38. The third-order valence-corrected chi connectivity index (χ3v) is 5.07. The molecule has 1 N–H and O–H groups in total. The number of aromatic carboxylic acids is 1. The van der Waals surface area contributed by atoms with Gasteiger partial charge in [0.25, 0.3) is 5.91 Å². The van der Waals surface area contributed by atoms with E-state index >= 15 is 0 Å². The molecule has 1 aromatic carbocycles. The highest BCUT2D eigenvalue weighted by Gasteiger charge is 2.28. The number of carbonyl (C=O) groups excluding carboxylic acids is 1. The number of benzene rings is 1. The molecular formula is C21H21N3O4. The van der Waals surface area contributed by atoms with Crippen LogP contribution in [0.5, 0.6) is 0 Å². The van der Waals surface area contributed by atoms with Crippen LogP contribution in [0.1, 0.15) is 38.7 Å². The summed E-state index contributed by atoms with van der Waals surface area (Å²) in [5.74, 6) is 0.438. The summed E-state index contributed by atoms with van der Waals surface area (Å²) < 4.78 is 7.61. The van der Waals surface area contributed by atoms with Crippen LogP contribution in [0.3, 0.4) is 0 Å². The molecule has 7 nitrogen and oxygen atoms in total. The number of aromatic nitrogens is 2. The van der Waals surface area contributed by atoms with Crippen LogP contribution in [0.25, 0.3) is 0 Å². The number of carbonyl (C=O) groups is 2. The molecule has 0 saturated carbocycles. The number of hydrogen-bond acceptors (Lipinski definition) is 4. The Hall–Kier alpha value is -3.35. The van der Waals surface area contributed by atoms with E-state index in [-0.39, 0.29) is 11.5 Å². The van der Waals surface area contributed by atoms with E-state index in [0.717, 1.165) is 24.2 Å². The van der Waals surface area contributed by atoms with Gasteiger partial charge in [-0.15, -0.1) is 0 Å². The minimum atomic E-state index is -0.921. The van der Waals surface area contributed by atoms with Gasteiger partial charge in [-0.1, -0.05) is 12.1 Å². The highest BCUT2D eigenvalue weighted by Crippen LogP contribution is 2.23. The molecule has 0 aliphatic carbocycles. The molecule has 2 aromatic heterocycles. The van der Waals surface area contributed by atoms with Crippen LogP contribution in [0.15, 0.2) is 59.5 Å². The Morgan fingerprint density at radius 2 is 2.00 bits per heavy atom. The molecule has 3 aromatic rings. The number of nitrogens with zero attached hydrogens (tertiary/aromatic N) is 3. The molecule has 1 atom stereocenters. The first-order chi connectivity index (χ1) is 13.6. The van der Waals surface area contributed by atoms with Gasteiger partial charge in [0.2, 0.25) is 0 Å².